The maximum Gasteiger partial charge on any atom is 0.243 e. The van der Waals surface area contributed by atoms with Crippen LogP contribution in [-0.2, 0) is 9.59 Å². The second-order valence-electron chi connectivity index (χ2n) is 3.60. The van der Waals surface area contributed by atoms with Gasteiger partial charge in [-0.2, -0.15) is 0 Å². The first kappa shape index (κ1) is 10.0. The van der Waals surface area contributed by atoms with Crippen molar-refractivity contribution in [2.75, 3.05) is 20.0 Å². The molecule has 0 bridgehead atoms. The van der Waals surface area contributed by atoms with E-state index in [0.29, 0.717) is 6.42 Å². The highest BCUT2D eigenvalue weighted by atomic mass is 32.7. The van der Waals surface area contributed by atoms with Crippen LogP contribution in [0.15, 0.2) is 0 Å². The molecule has 1 saturated heterocycles. The Bertz CT molecular complexity index is 224. The van der Waals surface area contributed by atoms with Gasteiger partial charge in [-0.25, -0.2) is 0 Å². The molecule has 1 atom stereocenters. The normalized spacial score (nSPS) is 24.4. The van der Waals surface area contributed by atoms with Crippen LogP contribution in [0.1, 0.15) is 6.42 Å². The predicted octanol–water partition coefficient (Wildman–Crippen LogP) is 0.957. The summed E-state index contributed by atoms with van der Waals surface area (Å²) in [5.41, 5.74) is 0. The molecule has 0 aliphatic carbocycles. The zero-order valence-electron chi connectivity index (χ0n) is 7.46. The molecule has 1 unspecified atom stereocenters. The fourth-order valence-corrected chi connectivity index (χ4v) is 4.94. The minimum Gasteiger partial charge on any atom is -0.295 e. The molecule has 0 radical (unpaired) electrons. The van der Waals surface area contributed by atoms with Gasteiger partial charge in [-0.05, 0) is 0 Å². The summed E-state index contributed by atoms with van der Waals surface area (Å²) in [7, 11) is 0. The van der Waals surface area contributed by atoms with Crippen LogP contribution >= 0.6 is 17.8 Å². The lowest BCUT2D eigenvalue weighted by atomic mass is 10.4. The van der Waals surface area contributed by atoms with Gasteiger partial charge in [0.2, 0.25) is 11.8 Å². The fraction of sp³-hybridized carbons (Fsp3) is 0.714. The Hall–Kier alpha value is -0.0800. The van der Waals surface area contributed by atoms with E-state index in [0.717, 1.165) is 0 Å². The van der Waals surface area contributed by atoms with Gasteiger partial charge in [-0.1, -0.05) is 0 Å². The number of hydrogen-bond acceptors (Lipinski definition) is 3. The summed E-state index contributed by atoms with van der Waals surface area (Å²) < 4.78 is 0. The molecule has 0 aromatic rings. The Kier molecular flexibility index (Phi) is 2.79. The molecular weight excluding hydrogens is 193 g/mol. The molecule has 0 aromatic carbocycles. The lowest BCUT2D eigenvalue weighted by molar-refractivity contribution is -0.124. The third kappa shape index (κ3) is 2.76. The van der Waals surface area contributed by atoms with Gasteiger partial charge in [-0.15, -0.1) is 0 Å². The molecule has 3 nitrogen and oxygen atoms in total. The maximum absolute atomic E-state index is 11.1. The van der Waals surface area contributed by atoms with Crippen molar-refractivity contribution >= 4 is 29.7 Å². The topological polar surface area (TPSA) is 46.2 Å². The minimum absolute atomic E-state index is 0.111. The summed E-state index contributed by atoms with van der Waals surface area (Å²) in [6.07, 6.45) is 0.362. The molecule has 1 fully saturated rings. The van der Waals surface area contributed by atoms with E-state index in [1.165, 1.54) is 0 Å². The van der Waals surface area contributed by atoms with E-state index in [9.17, 15) is 9.59 Å². The monoisotopic (exact) mass is 206 g/mol. The van der Waals surface area contributed by atoms with Crippen molar-refractivity contribution in [2.45, 2.75) is 11.7 Å². The van der Waals surface area contributed by atoms with E-state index in [2.05, 4.69) is 25.3 Å². The van der Waals surface area contributed by atoms with Crippen molar-refractivity contribution in [3.63, 3.8) is 0 Å². The minimum atomic E-state index is -1.03. The van der Waals surface area contributed by atoms with Crippen LogP contribution in [0.4, 0.5) is 0 Å². The summed E-state index contributed by atoms with van der Waals surface area (Å²) in [5, 5.41) is 2.18. The van der Waals surface area contributed by atoms with Crippen molar-refractivity contribution in [1.82, 2.24) is 5.32 Å². The number of amides is 2. The largest absolute Gasteiger partial charge is 0.295 e. The molecule has 0 aromatic heterocycles. The van der Waals surface area contributed by atoms with Gasteiger partial charge >= 0.3 is 0 Å². The Morgan fingerprint density at radius 2 is 2.00 bits per heavy atom. The molecule has 0 spiro atoms. The van der Waals surface area contributed by atoms with E-state index >= 15 is 0 Å². The molecule has 12 heavy (non-hydrogen) atoms. The van der Waals surface area contributed by atoms with Gasteiger partial charge < -0.3 is 0 Å². The molecule has 1 heterocycles. The average Bonchev–Trinajstić information content (AvgIpc) is 2.06. The molecule has 1 aliphatic heterocycles. The fourth-order valence-electron chi connectivity index (χ4n) is 0.997. The molecule has 1 N–H and O–H groups in total. The number of carbonyl (C=O) groups is 2. The molecule has 1 aliphatic rings. The lowest BCUT2D eigenvalue weighted by Gasteiger charge is -2.11. The van der Waals surface area contributed by atoms with Crippen LogP contribution in [-0.4, -0.2) is 37.1 Å². The second-order valence-corrected chi connectivity index (χ2v) is 12.1. The number of hydrogen-bond donors (Lipinski definition) is 1. The van der Waals surface area contributed by atoms with Crippen molar-refractivity contribution < 1.29 is 9.59 Å². The third-order valence-electron chi connectivity index (χ3n) is 1.37. The van der Waals surface area contributed by atoms with E-state index in [1.54, 1.807) is 11.4 Å². The maximum atomic E-state index is 11.1. The molecule has 0 saturated carbocycles. The van der Waals surface area contributed by atoms with E-state index in [1.807, 2.05) is 0 Å². The summed E-state index contributed by atoms with van der Waals surface area (Å²) in [4.78, 5) is 21.9. The van der Waals surface area contributed by atoms with E-state index in [-0.39, 0.29) is 17.1 Å². The summed E-state index contributed by atoms with van der Waals surface area (Å²) >= 11 is 1.65. The number of carbonyl (C=O) groups excluding carboxylic acids is 2. The number of nitrogens with one attached hydrogen (secondary N) is 1. The molecule has 68 valence electrons. The summed E-state index contributed by atoms with van der Waals surface area (Å²) in [5.74, 6) is -0.245. The average molecular weight is 206 g/mol. The first-order valence-corrected chi connectivity index (χ1v) is 8.33. The highest BCUT2D eigenvalue weighted by Crippen LogP contribution is 2.62. The Morgan fingerprint density at radius 3 is 2.33 bits per heavy atom. The summed E-state index contributed by atoms with van der Waals surface area (Å²) in [6.45, 7) is 5.41. The van der Waals surface area contributed by atoms with Gasteiger partial charge in [-0.3, -0.25) is 14.9 Å². The van der Waals surface area contributed by atoms with Gasteiger partial charge in [0.1, 0.15) is 5.25 Å². The van der Waals surface area contributed by atoms with Crippen LogP contribution in [0, 0.1) is 0 Å². The van der Waals surface area contributed by atoms with Crippen molar-refractivity contribution in [3.05, 3.63) is 0 Å². The third-order valence-corrected chi connectivity index (χ3v) is 5.30. The first-order chi connectivity index (χ1) is 5.38. The Labute approximate surface area is 76.8 Å². The Morgan fingerprint density at radius 1 is 1.42 bits per heavy atom. The van der Waals surface area contributed by atoms with Crippen LogP contribution < -0.4 is 5.32 Å². The van der Waals surface area contributed by atoms with Crippen molar-refractivity contribution in [3.8, 4) is 0 Å². The molecule has 5 heteroatoms. The standard InChI is InChI=1S/C7H12NO2PS/c1-11(2,3)12-5-4-6(9)8-7(5)10/h5H,4H2,1-3H3/p+1. The highest BCUT2D eigenvalue weighted by molar-refractivity contribution is 8.62. The van der Waals surface area contributed by atoms with Crippen molar-refractivity contribution in [1.29, 1.82) is 0 Å². The number of rotatable bonds is 2. The quantitative estimate of drug-likeness (QED) is 0.540. The van der Waals surface area contributed by atoms with Crippen LogP contribution in [0.3, 0.4) is 0 Å². The zero-order valence-corrected chi connectivity index (χ0v) is 9.17. The molecular formula is C7H13NO2PS+. The van der Waals surface area contributed by atoms with Gasteiger partial charge in [0.05, 0.1) is 32.9 Å². The predicted molar refractivity (Wildman–Crippen MR) is 53.8 cm³/mol. The molecule has 1 rings (SSSR count). The van der Waals surface area contributed by atoms with Crippen LogP contribution in [0.5, 0.6) is 0 Å². The van der Waals surface area contributed by atoms with Crippen LogP contribution in [0.2, 0.25) is 0 Å². The van der Waals surface area contributed by atoms with E-state index in [4.69, 9.17) is 0 Å². The smallest absolute Gasteiger partial charge is 0.243 e. The van der Waals surface area contributed by atoms with E-state index < -0.39 is 6.46 Å². The first-order valence-electron chi connectivity index (χ1n) is 3.72. The summed E-state index contributed by atoms with van der Waals surface area (Å²) in [6, 6.07) is 0. The van der Waals surface area contributed by atoms with Crippen LogP contribution in [0.25, 0.3) is 0 Å². The zero-order chi connectivity index (χ0) is 9.35. The van der Waals surface area contributed by atoms with Crippen molar-refractivity contribution in [2.24, 2.45) is 0 Å². The van der Waals surface area contributed by atoms with Gasteiger partial charge in [0.25, 0.3) is 0 Å². The highest BCUT2D eigenvalue weighted by Gasteiger charge is 2.38. The number of imide groups is 1. The SMILES string of the molecule is C[P+](C)(C)SC1CC(=O)NC1=O. The lowest BCUT2D eigenvalue weighted by Crippen LogP contribution is -2.23. The molecule has 2 amide bonds. The van der Waals surface area contributed by atoms with Gasteiger partial charge in [0, 0.05) is 11.4 Å². The van der Waals surface area contributed by atoms with Gasteiger partial charge in [0.15, 0.2) is 0 Å². The second kappa shape index (κ2) is 3.35. The Balaban J connectivity index is 2.54.